The Morgan fingerprint density at radius 2 is 1.60 bits per heavy atom. The van der Waals surface area contributed by atoms with Crippen molar-refractivity contribution in [3.8, 4) is 0 Å². The second-order valence-corrected chi connectivity index (χ2v) is 21.1. The second-order valence-electron chi connectivity index (χ2n) is 20.2. The number of hydrogen-bond donors (Lipinski definition) is 4. The number of aromatic nitrogens is 2. The number of carbonyl (C=O) groups excluding carboxylic acids is 5. The summed E-state index contributed by atoms with van der Waals surface area (Å²) in [5, 5.41) is 12.9. The zero-order chi connectivity index (χ0) is 51.5. The Kier molecular flexibility index (Phi) is 18.6. The summed E-state index contributed by atoms with van der Waals surface area (Å²) in [4.78, 5) is 77.8. The Morgan fingerprint density at radius 3 is 2.36 bits per heavy atom. The number of hydrogen-bond acceptors (Lipinski definition) is 11. The minimum Gasteiger partial charge on any atom is -0.379 e. The maximum absolute atomic E-state index is 14.7. The molecule has 1 saturated heterocycles. The van der Waals surface area contributed by atoms with Gasteiger partial charge in [0.2, 0.25) is 29.5 Å². The molecule has 2 aromatic heterocycles. The first kappa shape index (κ1) is 54.2. The van der Waals surface area contributed by atoms with Gasteiger partial charge in [-0.25, -0.2) is 0 Å². The first-order chi connectivity index (χ1) is 35.2. The van der Waals surface area contributed by atoms with Gasteiger partial charge in [-0.15, -0.1) is 0 Å². The van der Waals surface area contributed by atoms with Crippen LogP contribution in [0.3, 0.4) is 0 Å². The lowest BCUT2D eigenvalue weighted by Gasteiger charge is -2.37. The summed E-state index contributed by atoms with van der Waals surface area (Å²) >= 11 is 3.58. The molecule has 3 aromatic rings. The number of fused-ring (bicyclic) bond motifs is 2. The topological polar surface area (TPSA) is 193 Å². The van der Waals surface area contributed by atoms with Gasteiger partial charge in [0.25, 0.3) is 0 Å². The van der Waals surface area contributed by atoms with Crippen molar-refractivity contribution in [3.05, 3.63) is 93.0 Å². The molecule has 73 heavy (non-hydrogen) atoms. The summed E-state index contributed by atoms with van der Waals surface area (Å²) in [5.41, 5.74) is 2.78. The average Bonchev–Trinajstić information content (AvgIpc) is 4.08. The third-order valence-electron chi connectivity index (χ3n) is 15.4. The van der Waals surface area contributed by atoms with Gasteiger partial charge in [-0.2, -0.15) is 13.2 Å². The highest BCUT2D eigenvalue weighted by Crippen LogP contribution is 2.46. The van der Waals surface area contributed by atoms with E-state index in [1.165, 1.54) is 11.1 Å². The summed E-state index contributed by atoms with van der Waals surface area (Å²) in [6.07, 6.45) is 7.23. The predicted octanol–water partition coefficient (Wildman–Crippen LogP) is 5.92. The zero-order valence-corrected chi connectivity index (χ0v) is 43.1. The van der Waals surface area contributed by atoms with Crippen LogP contribution in [0.5, 0.6) is 0 Å². The number of benzene rings is 1. The second kappa shape index (κ2) is 25.0. The molecule has 4 N–H and O–H groups in total. The maximum Gasteiger partial charge on any atom is 0.417 e. The zero-order valence-electron chi connectivity index (χ0n) is 41.5. The average molecular weight is 1080 g/mol. The fourth-order valence-electron chi connectivity index (χ4n) is 11.5. The summed E-state index contributed by atoms with van der Waals surface area (Å²) in [5.74, 6) is -1.28. The Morgan fingerprint density at radius 1 is 0.849 bits per heavy atom. The van der Waals surface area contributed by atoms with Gasteiger partial charge in [-0.3, -0.25) is 33.9 Å². The minimum atomic E-state index is -4.54. The van der Waals surface area contributed by atoms with Crippen molar-refractivity contribution in [1.29, 1.82) is 0 Å². The number of aryl methyl sites for hydroxylation is 1. The fourth-order valence-corrected chi connectivity index (χ4v) is 11.9. The van der Waals surface area contributed by atoms with Crippen LogP contribution in [0, 0.1) is 17.3 Å². The van der Waals surface area contributed by atoms with Crippen LogP contribution >= 0.6 is 15.9 Å². The van der Waals surface area contributed by atoms with Crippen LogP contribution in [0.2, 0.25) is 0 Å². The first-order valence-electron chi connectivity index (χ1n) is 25.8. The van der Waals surface area contributed by atoms with Crippen LogP contribution in [-0.4, -0.2) is 128 Å². The fraction of sp³-hybridized carbons (Fsp3) is 0.604. The standard InChI is InChI=1S/C53H68BrF3N8O8/c1-64-47(67)29-43(48(64)36-3-2-17-58-31-36)50(69)60-19-22-72-24-26-73-25-23-71-21-14-46(66)63-40-8-4-34(5-9-40)49(68)59-18-16-52(15-12-41(30-52)62-45-11-6-35-28-39(54)7-10-42(35)45)51(70)65-20-13-44-37(33-65)27-38(32-61-44)53(55,56)57/h2-3,7,10,17,27-28,31-32,34,40-41,43,45,48,62H,4-6,8-9,11-16,18-26,29-30,33H2,1H3,(H,59,68)(H,60,69)(H,63,66)/t34?,40?,41-,43+,45-,48-,52-/m1/s1. The summed E-state index contributed by atoms with van der Waals surface area (Å²) < 4.78 is 58.7. The number of carbonyl (C=O) groups is 5. The van der Waals surface area contributed by atoms with Gasteiger partial charge in [0, 0.05) is 105 Å². The Labute approximate surface area is 433 Å². The van der Waals surface area contributed by atoms with E-state index in [9.17, 15) is 37.1 Å². The number of alkyl halides is 3. The highest BCUT2D eigenvalue weighted by atomic mass is 79.9. The number of pyridine rings is 2. The van der Waals surface area contributed by atoms with E-state index in [-0.39, 0.29) is 85.6 Å². The molecule has 0 bridgehead atoms. The van der Waals surface area contributed by atoms with Crippen molar-refractivity contribution in [2.75, 3.05) is 66.3 Å². The molecule has 1 aromatic carbocycles. The molecule has 3 fully saturated rings. The minimum absolute atomic E-state index is 0.0418. The number of halogens is 4. The third-order valence-corrected chi connectivity index (χ3v) is 15.9. The van der Waals surface area contributed by atoms with Gasteiger partial charge in [-0.1, -0.05) is 28.1 Å². The van der Waals surface area contributed by atoms with Crippen molar-refractivity contribution < 1.29 is 51.4 Å². The van der Waals surface area contributed by atoms with Crippen molar-refractivity contribution in [3.63, 3.8) is 0 Å². The van der Waals surface area contributed by atoms with Crippen LogP contribution in [0.15, 0.2) is 59.5 Å². The first-order valence-corrected chi connectivity index (χ1v) is 26.6. The Bertz CT molecular complexity index is 2410. The van der Waals surface area contributed by atoms with Gasteiger partial charge < -0.3 is 45.3 Å². The van der Waals surface area contributed by atoms with Crippen molar-refractivity contribution >= 4 is 45.5 Å². The van der Waals surface area contributed by atoms with E-state index in [1.807, 2.05) is 6.07 Å². The van der Waals surface area contributed by atoms with E-state index in [0.717, 1.165) is 41.6 Å². The molecule has 4 heterocycles. The molecule has 20 heteroatoms. The van der Waals surface area contributed by atoms with E-state index in [2.05, 4.69) is 65.4 Å². The maximum atomic E-state index is 14.7. The summed E-state index contributed by atoms with van der Waals surface area (Å²) in [7, 11) is 1.70. The van der Waals surface area contributed by atoms with E-state index >= 15 is 0 Å². The summed E-state index contributed by atoms with van der Waals surface area (Å²) in [6, 6.07) is 11.0. The highest BCUT2D eigenvalue weighted by molar-refractivity contribution is 9.10. The largest absolute Gasteiger partial charge is 0.417 e. The van der Waals surface area contributed by atoms with Crippen molar-refractivity contribution in [2.24, 2.45) is 17.3 Å². The van der Waals surface area contributed by atoms with Crippen molar-refractivity contribution in [2.45, 2.75) is 120 Å². The molecular formula is C53H68BrF3N8O8. The number of likely N-dealkylation sites (tertiary alicyclic amines) is 1. The number of ether oxygens (including phenoxy) is 3. The number of nitrogens with one attached hydrogen (secondary N) is 4. The molecule has 0 spiro atoms. The van der Waals surface area contributed by atoms with E-state index < -0.39 is 23.1 Å². The van der Waals surface area contributed by atoms with Gasteiger partial charge >= 0.3 is 6.18 Å². The van der Waals surface area contributed by atoms with Gasteiger partial charge in [-0.05, 0) is 111 Å². The quantitative estimate of drug-likeness (QED) is 0.0875. The SMILES string of the molecule is CN1C(=O)C[C@H](C(=O)NCCOCCOCCOCCC(=O)NC2CCC(C(=O)NCC[C@]3(C(=O)N4CCc5ncc(C(F)(F)F)cc5C4)CC[C@@H](N[C@@H]4CCc5cc(Br)ccc54)C3)CC2)[C@H]1c1cccnc1. The van der Waals surface area contributed by atoms with Gasteiger partial charge in [0.15, 0.2) is 0 Å². The molecule has 3 aliphatic carbocycles. The van der Waals surface area contributed by atoms with E-state index in [0.29, 0.717) is 115 Å². The number of nitrogens with zero attached hydrogens (tertiary/aromatic N) is 4. The van der Waals surface area contributed by atoms with E-state index in [1.54, 1.807) is 35.3 Å². The molecule has 8 rings (SSSR count). The molecule has 0 radical (unpaired) electrons. The summed E-state index contributed by atoms with van der Waals surface area (Å²) in [6.45, 7) is 2.88. The Balaban J connectivity index is 0.700. The van der Waals surface area contributed by atoms with Crippen molar-refractivity contribution in [1.82, 2.24) is 41.0 Å². The van der Waals surface area contributed by atoms with Crippen LogP contribution in [0.25, 0.3) is 0 Å². The normalized spacial score (nSPS) is 24.8. The smallest absolute Gasteiger partial charge is 0.379 e. The highest BCUT2D eigenvalue weighted by Gasteiger charge is 2.48. The van der Waals surface area contributed by atoms with Crippen LogP contribution in [-0.2, 0) is 63.7 Å². The molecule has 396 valence electrons. The van der Waals surface area contributed by atoms with Gasteiger partial charge in [0.1, 0.15) is 0 Å². The molecule has 5 amide bonds. The predicted molar refractivity (Wildman–Crippen MR) is 266 cm³/mol. The van der Waals surface area contributed by atoms with Gasteiger partial charge in [0.05, 0.1) is 62.6 Å². The third kappa shape index (κ3) is 14.0. The number of amides is 5. The molecule has 2 saturated carbocycles. The number of rotatable bonds is 22. The molecule has 5 aliphatic rings. The van der Waals surface area contributed by atoms with Crippen LogP contribution in [0.4, 0.5) is 13.2 Å². The van der Waals surface area contributed by atoms with Crippen LogP contribution < -0.4 is 21.3 Å². The lowest BCUT2D eigenvalue weighted by atomic mass is 9.80. The molecular weight excluding hydrogens is 1010 g/mol. The lowest BCUT2D eigenvalue weighted by molar-refractivity contribution is -0.144. The monoisotopic (exact) mass is 1080 g/mol. The Hall–Kier alpha value is -5.02. The van der Waals surface area contributed by atoms with E-state index in [4.69, 9.17) is 14.2 Å². The van der Waals surface area contributed by atoms with Crippen LogP contribution in [0.1, 0.15) is 116 Å². The molecule has 5 atom stereocenters. The molecule has 16 nitrogen and oxygen atoms in total. The molecule has 2 aliphatic heterocycles. The lowest BCUT2D eigenvalue weighted by Crippen LogP contribution is -2.47. The molecule has 0 unspecified atom stereocenters.